The number of nitrogens with two attached hydrogens (primary N) is 1. The molecule has 2 heteroatoms. The molecular formula is C17H22N2. The number of hydrogen-bond acceptors (Lipinski definition) is 2. The molecule has 0 aliphatic rings. The van der Waals surface area contributed by atoms with E-state index in [0.717, 1.165) is 6.54 Å². The van der Waals surface area contributed by atoms with Gasteiger partial charge in [0.1, 0.15) is 0 Å². The molecule has 0 saturated heterocycles. The monoisotopic (exact) mass is 254 g/mol. The van der Waals surface area contributed by atoms with Gasteiger partial charge >= 0.3 is 0 Å². The Hall–Kier alpha value is -1.80. The van der Waals surface area contributed by atoms with Crippen molar-refractivity contribution in [1.82, 2.24) is 0 Å². The lowest BCUT2D eigenvalue weighted by molar-refractivity contribution is 0.811. The van der Waals surface area contributed by atoms with Crippen LogP contribution in [0, 0.1) is 6.92 Å². The number of rotatable bonds is 4. The molecule has 2 rings (SSSR count). The van der Waals surface area contributed by atoms with E-state index in [4.69, 9.17) is 5.73 Å². The molecule has 2 aromatic carbocycles. The highest BCUT2D eigenvalue weighted by molar-refractivity contribution is 5.67. The summed E-state index contributed by atoms with van der Waals surface area (Å²) in [4.78, 5) is 2.30. The molecule has 0 aliphatic carbocycles. The molecule has 0 heterocycles. The first kappa shape index (κ1) is 13.6. The standard InChI is InChI=1S/C17H22N2/c1-4-19(15-11-9-13(2)10-12-15)17-8-6-5-7-16(17)14(3)18/h5-12,14H,4,18H2,1-3H3. The summed E-state index contributed by atoms with van der Waals surface area (Å²) in [6.45, 7) is 7.22. The molecule has 0 fully saturated rings. The summed E-state index contributed by atoms with van der Waals surface area (Å²) in [7, 11) is 0. The molecular weight excluding hydrogens is 232 g/mol. The number of benzene rings is 2. The number of para-hydroxylation sites is 1. The summed E-state index contributed by atoms with van der Waals surface area (Å²) in [5.41, 5.74) is 11.0. The van der Waals surface area contributed by atoms with Crippen LogP contribution in [0.15, 0.2) is 48.5 Å². The van der Waals surface area contributed by atoms with Gasteiger partial charge in [-0.1, -0.05) is 35.9 Å². The molecule has 0 spiro atoms. The molecule has 0 radical (unpaired) electrons. The fraction of sp³-hybridized carbons (Fsp3) is 0.294. The predicted molar refractivity (Wildman–Crippen MR) is 82.9 cm³/mol. The maximum Gasteiger partial charge on any atom is 0.0458 e. The lowest BCUT2D eigenvalue weighted by atomic mass is 10.1. The van der Waals surface area contributed by atoms with Crippen LogP contribution in [0.1, 0.15) is 31.0 Å². The topological polar surface area (TPSA) is 29.3 Å². The highest BCUT2D eigenvalue weighted by Crippen LogP contribution is 2.31. The first-order valence-corrected chi connectivity index (χ1v) is 6.82. The van der Waals surface area contributed by atoms with Crippen molar-refractivity contribution in [2.24, 2.45) is 5.73 Å². The quantitative estimate of drug-likeness (QED) is 0.887. The Morgan fingerprint density at radius 2 is 1.68 bits per heavy atom. The zero-order chi connectivity index (χ0) is 13.8. The van der Waals surface area contributed by atoms with Gasteiger partial charge in [-0.2, -0.15) is 0 Å². The lowest BCUT2D eigenvalue weighted by Gasteiger charge is -2.27. The number of aryl methyl sites for hydroxylation is 1. The van der Waals surface area contributed by atoms with Gasteiger partial charge in [-0.25, -0.2) is 0 Å². The molecule has 2 nitrogen and oxygen atoms in total. The smallest absolute Gasteiger partial charge is 0.0458 e. The maximum atomic E-state index is 6.08. The van der Waals surface area contributed by atoms with Crippen molar-refractivity contribution in [2.75, 3.05) is 11.4 Å². The van der Waals surface area contributed by atoms with Crippen molar-refractivity contribution in [3.63, 3.8) is 0 Å². The van der Waals surface area contributed by atoms with Gasteiger partial charge in [-0.3, -0.25) is 0 Å². The average molecular weight is 254 g/mol. The minimum absolute atomic E-state index is 0.0377. The minimum Gasteiger partial charge on any atom is -0.341 e. The summed E-state index contributed by atoms with van der Waals surface area (Å²) < 4.78 is 0. The van der Waals surface area contributed by atoms with Crippen LogP contribution in [0.3, 0.4) is 0 Å². The summed E-state index contributed by atoms with van der Waals surface area (Å²) in [5, 5.41) is 0. The van der Waals surface area contributed by atoms with E-state index < -0.39 is 0 Å². The van der Waals surface area contributed by atoms with E-state index in [-0.39, 0.29) is 6.04 Å². The van der Waals surface area contributed by atoms with Crippen LogP contribution >= 0.6 is 0 Å². The molecule has 0 bridgehead atoms. The molecule has 19 heavy (non-hydrogen) atoms. The van der Waals surface area contributed by atoms with E-state index in [1.807, 2.05) is 13.0 Å². The maximum absolute atomic E-state index is 6.08. The molecule has 0 saturated carbocycles. The Kier molecular flexibility index (Phi) is 4.23. The fourth-order valence-corrected chi connectivity index (χ4v) is 2.34. The summed E-state index contributed by atoms with van der Waals surface area (Å²) in [6.07, 6.45) is 0. The molecule has 1 atom stereocenters. The third-order valence-corrected chi connectivity index (χ3v) is 3.38. The van der Waals surface area contributed by atoms with Gasteiger partial charge in [0.25, 0.3) is 0 Å². The lowest BCUT2D eigenvalue weighted by Crippen LogP contribution is -2.19. The van der Waals surface area contributed by atoms with Gasteiger partial charge in [-0.05, 0) is 44.5 Å². The fourth-order valence-electron chi connectivity index (χ4n) is 2.34. The Bertz CT molecular complexity index is 529. The van der Waals surface area contributed by atoms with Gasteiger partial charge in [-0.15, -0.1) is 0 Å². The molecule has 0 aromatic heterocycles. The third kappa shape index (κ3) is 2.96. The van der Waals surface area contributed by atoms with Crippen molar-refractivity contribution >= 4 is 11.4 Å². The highest BCUT2D eigenvalue weighted by Gasteiger charge is 2.13. The van der Waals surface area contributed by atoms with Gasteiger partial charge in [0, 0.05) is 24.0 Å². The first-order chi connectivity index (χ1) is 9.13. The molecule has 1 unspecified atom stereocenters. The minimum atomic E-state index is 0.0377. The molecule has 0 aliphatic heterocycles. The van der Waals surface area contributed by atoms with Crippen molar-refractivity contribution in [1.29, 1.82) is 0 Å². The van der Waals surface area contributed by atoms with Gasteiger partial charge in [0.2, 0.25) is 0 Å². The Labute approximate surface area is 115 Å². The highest BCUT2D eigenvalue weighted by atomic mass is 15.1. The van der Waals surface area contributed by atoms with Crippen LogP contribution in [0.4, 0.5) is 11.4 Å². The van der Waals surface area contributed by atoms with Gasteiger partial charge < -0.3 is 10.6 Å². The van der Waals surface area contributed by atoms with E-state index in [9.17, 15) is 0 Å². The number of nitrogens with zero attached hydrogens (tertiary/aromatic N) is 1. The predicted octanol–water partition coefficient (Wildman–Crippen LogP) is 4.17. The van der Waals surface area contributed by atoms with Crippen molar-refractivity contribution in [2.45, 2.75) is 26.8 Å². The normalized spacial score (nSPS) is 12.2. The zero-order valence-corrected chi connectivity index (χ0v) is 11.9. The van der Waals surface area contributed by atoms with Gasteiger partial charge in [0.15, 0.2) is 0 Å². The van der Waals surface area contributed by atoms with Crippen molar-refractivity contribution < 1.29 is 0 Å². The third-order valence-electron chi connectivity index (χ3n) is 3.38. The van der Waals surface area contributed by atoms with Crippen LogP contribution in [-0.4, -0.2) is 6.54 Å². The molecule has 100 valence electrons. The van der Waals surface area contributed by atoms with Crippen LogP contribution in [0.5, 0.6) is 0 Å². The van der Waals surface area contributed by atoms with Crippen LogP contribution in [0.2, 0.25) is 0 Å². The molecule has 2 aromatic rings. The second-order valence-corrected chi connectivity index (χ2v) is 4.93. The summed E-state index contributed by atoms with van der Waals surface area (Å²) in [5.74, 6) is 0. The van der Waals surface area contributed by atoms with E-state index >= 15 is 0 Å². The summed E-state index contributed by atoms with van der Waals surface area (Å²) >= 11 is 0. The second-order valence-electron chi connectivity index (χ2n) is 4.93. The Morgan fingerprint density at radius 3 is 2.26 bits per heavy atom. The van der Waals surface area contributed by atoms with E-state index in [2.05, 4.69) is 61.2 Å². The zero-order valence-electron chi connectivity index (χ0n) is 11.9. The van der Waals surface area contributed by atoms with Gasteiger partial charge in [0.05, 0.1) is 0 Å². The van der Waals surface area contributed by atoms with Crippen LogP contribution < -0.4 is 10.6 Å². The SMILES string of the molecule is CCN(c1ccc(C)cc1)c1ccccc1C(C)N. The second kappa shape index (κ2) is 5.89. The average Bonchev–Trinajstić information content (AvgIpc) is 2.42. The Morgan fingerprint density at radius 1 is 1.05 bits per heavy atom. The molecule has 0 amide bonds. The van der Waals surface area contributed by atoms with Crippen LogP contribution in [0.25, 0.3) is 0 Å². The Balaban J connectivity index is 2.45. The van der Waals surface area contributed by atoms with E-state index in [1.54, 1.807) is 0 Å². The van der Waals surface area contributed by atoms with Crippen molar-refractivity contribution in [3.8, 4) is 0 Å². The number of hydrogen-bond donors (Lipinski definition) is 1. The van der Waals surface area contributed by atoms with Crippen LogP contribution in [-0.2, 0) is 0 Å². The van der Waals surface area contributed by atoms with Crippen molar-refractivity contribution in [3.05, 3.63) is 59.7 Å². The summed E-state index contributed by atoms with van der Waals surface area (Å²) in [6, 6.07) is 17.0. The van der Waals surface area contributed by atoms with E-state index in [0.29, 0.717) is 0 Å². The molecule has 2 N–H and O–H groups in total. The number of anilines is 2. The largest absolute Gasteiger partial charge is 0.341 e. The van der Waals surface area contributed by atoms with E-state index in [1.165, 1.54) is 22.5 Å². The first-order valence-electron chi connectivity index (χ1n) is 6.82.